The first-order chi connectivity index (χ1) is 14.5. The molecular weight excluding hydrogens is 413 g/mol. The number of hydrogen-bond donors (Lipinski definition) is 0. The minimum absolute atomic E-state index is 0.180. The molecule has 9 heteroatoms. The molecule has 1 aliphatic rings. The van der Waals surface area contributed by atoms with Crippen LogP contribution >= 0.6 is 0 Å². The van der Waals surface area contributed by atoms with Gasteiger partial charge < -0.3 is 14.0 Å². The number of benzene rings is 2. The molecule has 2 aromatic carbocycles. The van der Waals surface area contributed by atoms with Gasteiger partial charge in [0.2, 0.25) is 0 Å². The highest BCUT2D eigenvalue weighted by Crippen LogP contribution is 2.37. The number of ether oxygens (including phenoxy) is 2. The van der Waals surface area contributed by atoms with Crippen molar-refractivity contribution in [2.45, 2.75) is 39.4 Å². The average molecular weight is 432 g/mol. The predicted molar refractivity (Wildman–Crippen MR) is 104 cm³/mol. The molecule has 0 saturated carbocycles. The van der Waals surface area contributed by atoms with Crippen molar-refractivity contribution in [1.82, 2.24) is 10.1 Å². The SMILES string of the molecule is Cc1cc(CN2C(=O)c3cc(-c4ccc(OC(F)(F)F)cc4)ccc3OC2(C)C)on1. The fourth-order valence-electron chi connectivity index (χ4n) is 3.44. The predicted octanol–water partition coefficient (Wildman–Crippen LogP) is 5.32. The van der Waals surface area contributed by atoms with Gasteiger partial charge in [-0.3, -0.25) is 9.69 Å². The maximum Gasteiger partial charge on any atom is 0.573 e. The second kappa shape index (κ2) is 7.33. The van der Waals surface area contributed by atoms with Crippen molar-refractivity contribution in [3.05, 3.63) is 65.5 Å². The van der Waals surface area contributed by atoms with E-state index in [0.717, 1.165) is 0 Å². The van der Waals surface area contributed by atoms with Gasteiger partial charge in [-0.05, 0) is 56.2 Å². The molecule has 0 radical (unpaired) electrons. The summed E-state index contributed by atoms with van der Waals surface area (Å²) in [6.07, 6.45) is -4.75. The zero-order valence-electron chi connectivity index (χ0n) is 17.0. The lowest BCUT2D eigenvalue weighted by Crippen LogP contribution is -2.54. The van der Waals surface area contributed by atoms with Gasteiger partial charge in [0.1, 0.15) is 11.5 Å². The van der Waals surface area contributed by atoms with E-state index in [1.54, 1.807) is 49.9 Å². The molecule has 0 spiro atoms. The van der Waals surface area contributed by atoms with Gasteiger partial charge in [0.15, 0.2) is 11.5 Å². The first kappa shape index (κ1) is 20.8. The molecule has 1 amide bonds. The van der Waals surface area contributed by atoms with Crippen molar-refractivity contribution in [3.63, 3.8) is 0 Å². The van der Waals surface area contributed by atoms with Crippen molar-refractivity contribution in [2.75, 3.05) is 0 Å². The van der Waals surface area contributed by atoms with Crippen LogP contribution in [0.3, 0.4) is 0 Å². The van der Waals surface area contributed by atoms with Crippen molar-refractivity contribution < 1.29 is 32.0 Å². The first-order valence-corrected chi connectivity index (χ1v) is 9.45. The zero-order chi connectivity index (χ0) is 22.4. The molecule has 0 fully saturated rings. The number of nitrogens with zero attached hydrogens (tertiary/aromatic N) is 2. The van der Waals surface area contributed by atoms with Crippen molar-refractivity contribution in [1.29, 1.82) is 0 Å². The van der Waals surface area contributed by atoms with Crippen LogP contribution in [-0.2, 0) is 6.54 Å². The molecule has 0 atom stereocenters. The van der Waals surface area contributed by atoms with E-state index in [1.807, 2.05) is 0 Å². The van der Waals surface area contributed by atoms with E-state index in [0.29, 0.717) is 33.9 Å². The van der Waals surface area contributed by atoms with E-state index in [-0.39, 0.29) is 18.2 Å². The molecule has 2 heterocycles. The van der Waals surface area contributed by atoms with Gasteiger partial charge in [-0.2, -0.15) is 0 Å². The molecule has 1 aromatic heterocycles. The van der Waals surface area contributed by atoms with Crippen LogP contribution in [0.5, 0.6) is 11.5 Å². The number of aryl methyl sites for hydroxylation is 1. The number of amides is 1. The van der Waals surface area contributed by atoms with Crippen LogP contribution in [0.1, 0.15) is 35.7 Å². The molecule has 0 aliphatic carbocycles. The van der Waals surface area contributed by atoms with Crippen molar-refractivity contribution >= 4 is 5.91 Å². The summed E-state index contributed by atoms with van der Waals surface area (Å²) in [4.78, 5) is 14.8. The monoisotopic (exact) mass is 432 g/mol. The number of fused-ring (bicyclic) bond motifs is 1. The van der Waals surface area contributed by atoms with Gasteiger partial charge in [0, 0.05) is 6.07 Å². The minimum atomic E-state index is -4.75. The average Bonchev–Trinajstić information content (AvgIpc) is 3.09. The Labute approximate surface area is 176 Å². The van der Waals surface area contributed by atoms with Crippen LogP contribution < -0.4 is 9.47 Å². The third kappa shape index (κ3) is 4.35. The molecule has 4 rings (SSSR count). The standard InChI is InChI=1S/C22H19F3N2O4/c1-13-10-17(31-26-13)12-27-20(28)18-11-15(6-9-19(18)30-21(27,2)3)14-4-7-16(8-5-14)29-22(23,24)25/h4-11H,12H2,1-3H3. The minimum Gasteiger partial charge on any atom is -0.468 e. The highest BCUT2D eigenvalue weighted by atomic mass is 19.4. The fourth-order valence-corrected chi connectivity index (χ4v) is 3.44. The van der Waals surface area contributed by atoms with Crippen LogP contribution in [0.2, 0.25) is 0 Å². The molecule has 3 aromatic rings. The lowest BCUT2D eigenvalue weighted by atomic mass is 9.99. The Morgan fingerprint density at radius 3 is 2.35 bits per heavy atom. The molecule has 31 heavy (non-hydrogen) atoms. The lowest BCUT2D eigenvalue weighted by molar-refractivity contribution is -0.274. The van der Waals surface area contributed by atoms with Crippen molar-refractivity contribution in [3.8, 4) is 22.6 Å². The third-order valence-electron chi connectivity index (χ3n) is 4.88. The van der Waals surface area contributed by atoms with Crippen LogP contribution in [-0.4, -0.2) is 28.1 Å². The Balaban J connectivity index is 1.63. The van der Waals surface area contributed by atoms with Gasteiger partial charge in [-0.1, -0.05) is 23.4 Å². The summed E-state index contributed by atoms with van der Waals surface area (Å²) in [6.45, 7) is 5.54. The quantitative estimate of drug-likeness (QED) is 0.558. The smallest absolute Gasteiger partial charge is 0.468 e. The van der Waals surface area contributed by atoms with Crippen LogP contribution in [0.4, 0.5) is 13.2 Å². The first-order valence-electron chi connectivity index (χ1n) is 9.45. The number of rotatable bonds is 4. The van der Waals surface area contributed by atoms with E-state index in [1.165, 1.54) is 24.3 Å². The molecule has 0 bridgehead atoms. The van der Waals surface area contributed by atoms with Gasteiger partial charge in [0.25, 0.3) is 5.91 Å². The number of carbonyl (C=O) groups excluding carboxylic acids is 1. The summed E-state index contributed by atoms with van der Waals surface area (Å²) >= 11 is 0. The number of halogens is 3. The normalized spacial score (nSPS) is 15.4. The summed E-state index contributed by atoms with van der Waals surface area (Å²) in [5.41, 5.74) is 1.43. The summed E-state index contributed by atoms with van der Waals surface area (Å²) in [7, 11) is 0. The largest absolute Gasteiger partial charge is 0.573 e. The number of alkyl halides is 3. The molecule has 0 saturated heterocycles. The maximum absolute atomic E-state index is 13.3. The van der Waals surface area contributed by atoms with Crippen LogP contribution in [0, 0.1) is 6.92 Å². The molecular formula is C22H19F3N2O4. The second-order valence-electron chi connectivity index (χ2n) is 7.66. The Morgan fingerprint density at radius 2 is 1.74 bits per heavy atom. The van der Waals surface area contributed by atoms with Gasteiger partial charge in [-0.25, -0.2) is 0 Å². The summed E-state index contributed by atoms with van der Waals surface area (Å²) in [5.74, 6) is 0.395. The fraction of sp³-hybridized carbons (Fsp3) is 0.273. The molecule has 1 aliphatic heterocycles. The number of hydrogen-bond acceptors (Lipinski definition) is 5. The summed E-state index contributed by atoms with van der Waals surface area (Å²) in [6, 6.07) is 12.3. The van der Waals surface area contributed by atoms with E-state index in [9.17, 15) is 18.0 Å². The summed E-state index contributed by atoms with van der Waals surface area (Å²) in [5, 5.41) is 3.85. The Kier molecular flexibility index (Phi) is 4.91. The second-order valence-corrected chi connectivity index (χ2v) is 7.66. The maximum atomic E-state index is 13.3. The topological polar surface area (TPSA) is 64.8 Å². The molecule has 0 unspecified atom stereocenters. The Hall–Kier alpha value is -3.49. The highest BCUT2D eigenvalue weighted by Gasteiger charge is 2.40. The van der Waals surface area contributed by atoms with Crippen LogP contribution in [0.25, 0.3) is 11.1 Å². The molecule has 162 valence electrons. The van der Waals surface area contributed by atoms with E-state index < -0.39 is 12.1 Å². The van der Waals surface area contributed by atoms with Crippen molar-refractivity contribution in [2.24, 2.45) is 0 Å². The van der Waals surface area contributed by atoms with Gasteiger partial charge >= 0.3 is 6.36 Å². The molecule has 0 N–H and O–H groups in total. The summed E-state index contributed by atoms with van der Waals surface area (Å²) < 4.78 is 52.3. The zero-order valence-corrected chi connectivity index (χ0v) is 17.0. The Morgan fingerprint density at radius 1 is 1.06 bits per heavy atom. The van der Waals surface area contributed by atoms with E-state index >= 15 is 0 Å². The lowest BCUT2D eigenvalue weighted by Gasteiger charge is -2.42. The number of aromatic nitrogens is 1. The van der Waals surface area contributed by atoms with E-state index in [2.05, 4.69) is 9.89 Å². The van der Waals surface area contributed by atoms with Crippen LogP contribution in [0.15, 0.2) is 53.1 Å². The Bertz CT molecular complexity index is 1120. The van der Waals surface area contributed by atoms with E-state index in [4.69, 9.17) is 9.26 Å². The highest BCUT2D eigenvalue weighted by molar-refractivity contribution is 5.99. The van der Waals surface area contributed by atoms with Gasteiger partial charge in [0.05, 0.1) is 17.8 Å². The third-order valence-corrected chi connectivity index (χ3v) is 4.88. The van der Waals surface area contributed by atoms with Gasteiger partial charge in [-0.15, -0.1) is 13.2 Å². The number of carbonyl (C=O) groups is 1. The molecule has 6 nitrogen and oxygen atoms in total.